The van der Waals surface area contributed by atoms with E-state index in [9.17, 15) is 9.59 Å². The van der Waals surface area contributed by atoms with Gasteiger partial charge in [-0.05, 0) is 68.5 Å². The molecule has 0 radical (unpaired) electrons. The molecule has 0 aromatic heterocycles. The van der Waals surface area contributed by atoms with Crippen LogP contribution in [0.3, 0.4) is 0 Å². The maximum absolute atomic E-state index is 13.3. The summed E-state index contributed by atoms with van der Waals surface area (Å²) in [4.78, 5) is 27.9. The number of ether oxygens (including phenoxy) is 1. The molecular formula is C26H34Cl2N2O3. The number of nitrogens with one attached hydrogen (secondary N) is 1. The second-order valence-electron chi connectivity index (χ2n) is 9.45. The van der Waals surface area contributed by atoms with E-state index < -0.39 is 11.6 Å². The Balaban J connectivity index is 2.24. The average Bonchev–Trinajstić information content (AvgIpc) is 2.73. The molecule has 1 atom stereocenters. The van der Waals surface area contributed by atoms with Crippen molar-refractivity contribution in [3.63, 3.8) is 0 Å². The number of amides is 2. The topological polar surface area (TPSA) is 58.6 Å². The molecule has 0 saturated carbocycles. The van der Waals surface area contributed by atoms with E-state index in [0.29, 0.717) is 28.1 Å². The Kier molecular flexibility index (Phi) is 9.62. The number of hydrogen-bond acceptors (Lipinski definition) is 3. The lowest BCUT2D eigenvalue weighted by Crippen LogP contribution is -2.54. The van der Waals surface area contributed by atoms with Crippen LogP contribution in [0.15, 0.2) is 42.5 Å². The molecule has 0 aliphatic carbocycles. The molecule has 2 aromatic carbocycles. The number of carbonyl (C=O) groups excluding carboxylic acids is 2. The maximum atomic E-state index is 13.3. The average molecular weight is 493 g/mol. The highest BCUT2D eigenvalue weighted by atomic mass is 35.5. The van der Waals surface area contributed by atoms with Crippen molar-refractivity contribution in [1.82, 2.24) is 10.2 Å². The number of benzene rings is 2. The molecule has 0 spiro atoms. The maximum Gasteiger partial charge on any atom is 0.261 e. The van der Waals surface area contributed by atoms with Crippen molar-refractivity contribution >= 4 is 35.0 Å². The molecule has 0 saturated heterocycles. The van der Waals surface area contributed by atoms with Gasteiger partial charge in [0.05, 0.1) is 10.0 Å². The smallest absolute Gasteiger partial charge is 0.261 e. The van der Waals surface area contributed by atoms with Crippen molar-refractivity contribution in [1.29, 1.82) is 0 Å². The van der Waals surface area contributed by atoms with Crippen LogP contribution in [0.2, 0.25) is 10.0 Å². The molecule has 0 bridgehead atoms. The predicted molar refractivity (Wildman–Crippen MR) is 135 cm³/mol. The summed E-state index contributed by atoms with van der Waals surface area (Å²) in [7, 11) is 0. The SMILES string of the molecule is CC[C@H](C(=O)NC(C)(C)C)N(Cc1ccc(Cl)c(Cl)c1)C(=O)COc1ccc(C(C)C)cc1. The van der Waals surface area contributed by atoms with Gasteiger partial charge < -0.3 is 15.0 Å². The highest BCUT2D eigenvalue weighted by molar-refractivity contribution is 6.42. The first-order valence-corrected chi connectivity index (χ1v) is 11.9. The third kappa shape index (κ3) is 8.24. The van der Waals surface area contributed by atoms with Gasteiger partial charge in [0.1, 0.15) is 11.8 Å². The molecule has 0 unspecified atom stereocenters. The number of rotatable bonds is 9. The summed E-state index contributed by atoms with van der Waals surface area (Å²) in [5, 5.41) is 3.81. The zero-order valence-corrected chi connectivity index (χ0v) is 21.8. The summed E-state index contributed by atoms with van der Waals surface area (Å²) >= 11 is 12.2. The lowest BCUT2D eigenvalue weighted by atomic mass is 10.0. The Bertz CT molecular complexity index is 953. The van der Waals surface area contributed by atoms with E-state index in [-0.39, 0.29) is 25.0 Å². The molecule has 5 nitrogen and oxygen atoms in total. The minimum absolute atomic E-state index is 0.179. The van der Waals surface area contributed by atoms with E-state index >= 15 is 0 Å². The van der Waals surface area contributed by atoms with Crippen LogP contribution in [-0.2, 0) is 16.1 Å². The minimum Gasteiger partial charge on any atom is -0.484 e. The Morgan fingerprint density at radius 3 is 2.18 bits per heavy atom. The van der Waals surface area contributed by atoms with Gasteiger partial charge in [-0.25, -0.2) is 0 Å². The third-order valence-corrected chi connectivity index (χ3v) is 5.87. The minimum atomic E-state index is -0.655. The number of carbonyl (C=O) groups is 2. The van der Waals surface area contributed by atoms with Crippen LogP contribution in [0.1, 0.15) is 65.0 Å². The first kappa shape index (κ1) is 27.0. The van der Waals surface area contributed by atoms with Crippen LogP contribution >= 0.6 is 23.2 Å². The van der Waals surface area contributed by atoms with Crippen molar-refractivity contribution in [2.75, 3.05) is 6.61 Å². The van der Waals surface area contributed by atoms with Crippen molar-refractivity contribution < 1.29 is 14.3 Å². The lowest BCUT2D eigenvalue weighted by molar-refractivity contribution is -0.143. The standard InChI is InChI=1S/C26H34Cl2N2O3/c1-7-23(25(32)29-26(4,5)6)30(15-18-8-13-21(27)22(28)14-18)24(31)16-33-20-11-9-19(10-12-20)17(2)3/h8-14,17,23H,7,15-16H2,1-6H3,(H,29,32)/t23-/m1/s1. The van der Waals surface area contributed by atoms with Crippen LogP contribution in [-0.4, -0.2) is 34.9 Å². The number of nitrogens with zero attached hydrogens (tertiary/aromatic N) is 1. The van der Waals surface area contributed by atoms with Crippen LogP contribution in [0.25, 0.3) is 0 Å². The summed E-state index contributed by atoms with van der Waals surface area (Å²) in [6.07, 6.45) is 0.456. The number of halogens is 2. The summed E-state index contributed by atoms with van der Waals surface area (Å²) in [5.41, 5.74) is 1.55. The van der Waals surface area contributed by atoms with E-state index in [1.165, 1.54) is 5.56 Å². The second-order valence-corrected chi connectivity index (χ2v) is 10.3. The molecule has 33 heavy (non-hydrogen) atoms. The summed E-state index contributed by atoms with van der Waals surface area (Å²) < 4.78 is 5.77. The largest absolute Gasteiger partial charge is 0.484 e. The Labute approximate surface area is 207 Å². The van der Waals surface area contributed by atoms with E-state index in [4.69, 9.17) is 27.9 Å². The zero-order valence-electron chi connectivity index (χ0n) is 20.2. The van der Waals surface area contributed by atoms with Crippen molar-refractivity contribution in [3.05, 3.63) is 63.6 Å². The second kappa shape index (κ2) is 11.8. The Hall–Kier alpha value is -2.24. The van der Waals surface area contributed by atoms with E-state index in [1.807, 2.05) is 52.0 Å². The van der Waals surface area contributed by atoms with Gasteiger partial charge in [-0.2, -0.15) is 0 Å². The van der Waals surface area contributed by atoms with Crippen molar-refractivity contribution in [3.8, 4) is 5.75 Å². The molecule has 0 aliphatic heterocycles. The summed E-state index contributed by atoms with van der Waals surface area (Å²) in [5.74, 6) is 0.521. The van der Waals surface area contributed by atoms with Gasteiger partial charge in [0, 0.05) is 12.1 Å². The van der Waals surface area contributed by atoms with Crippen LogP contribution < -0.4 is 10.1 Å². The fraction of sp³-hybridized carbons (Fsp3) is 0.462. The fourth-order valence-electron chi connectivity index (χ4n) is 3.38. The Morgan fingerprint density at radius 1 is 1.03 bits per heavy atom. The third-order valence-electron chi connectivity index (χ3n) is 5.13. The van der Waals surface area contributed by atoms with Gasteiger partial charge in [-0.15, -0.1) is 0 Å². The molecule has 7 heteroatoms. The fourth-order valence-corrected chi connectivity index (χ4v) is 3.70. The molecular weight excluding hydrogens is 459 g/mol. The van der Waals surface area contributed by atoms with Crippen LogP contribution in [0.5, 0.6) is 5.75 Å². The van der Waals surface area contributed by atoms with Crippen molar-refractivity contribution in [2.45, 2.75) is 72.0 Å². The molecule has 2 rings (SSSR count). The molecule has 2 aromatic rings. The van der Waals surface area contributed by atoms with Gasteiger partial charge in [-0.1, -0.05) is 62.2 Å². The van der Waals surface area contributed by atoms with E-state index in [2.05, 4.69) is 19.2 Å². The predicted octanol–water partition coefficient (Wildman–Crippen LogP) is 6.22. The van der Waals surface area contributed by atoms with Gasteiger partial charge in [0.2, 0.25) is 5.91 Å². The van der Waals surface area contributed by atoms with Gasteiger partial charge in [-0.3, -0.25) is 9.59 Å². The Morgan fingerprint density at radius 2 is 1.67 bits per heavy atom. The van der Waals surface area contributed by atoms with Gasteiger partial charge >= 0.3 is 0 Å². The normalized spacial score (nSPS) is 12.4. The quantitative estimate of drug-likeness (QED) is 0.451. The summed E-state index contributed by atoms with van der Waals surface area (Å²) in [6, 6.07) is 12.2. The molecule has 0 fully saturated rings. The van der Waals surface area contributed by atoms with Gasteiger partial charge in [0.15, 0.2) is 6.61 Å². The molecule has 0 heterocycles. The molecule has 1 N–H and O–H groups in total. The highest BCUT2D eigenvalue weighted by Gasteiger charge is 2.31. The van der Waals surface area contributed by atoms with Crippen LogP contribution in [0.4, 0.5) is 0 Å². The highest BCUT2D eigenvalue weighted by Crippen LogP contribution is 2.24. The first-order valence-electron chi connectivity index (χ1n) is 11.2. The van der Waals surface area contributed by atoms with Gasteiger partial charge in [0.25, 0.3) is 5.91 Å². The molecule has 0 aliphatic rings. The number of hydrogen-bond donors (Lipinski definition) is 1. The lowest BCUT2D eigenvalue weighted by Gasteiger charge is -2.33. The van der Waals surface area contributed by atoms with E-state index in [0.717, 1.165) is 5.56 Å². The van der Waals surface area contributed by atoms with E-state index in [1.54, 1.807) is 23.1 Å². The molecule has 180 valence electrons. The monoisotopic (exact) mass is 492 g/mol. The zero-order chi connectivity index (χ0) is 24.8. The molecule has 2 amide bonds. The van der Waals surface area contributed by atoms with Crippen molar-refractivity contribution in [2.24, 2.45) is 0 Å². The van der Waals surface area contributed by atoms with Crippen LogP contribution in [0, 0.1) is 0 Å². The first-order chi connectivity index (χ1) is 15.4. The summed E-state index contributed by atoms with van der Waals surface area (Å²) in [6.45, 7) is 11.9.